The molecule has 1 aromatic heterocycles. The van der Waals surface area contributed by atoms with Crippen LogP contribution in [0.25, 0.3) is 0 Å². The Bertz CT molecular complexity index is 750. The summed E-state index contributed by atoms with van der Waals surface area (Å²) in [5.41, 5.74) is 0.633. The third kappa shape index (κ3) is 7.01. The van der Waals surface area contributed by atoms with Crippen LogP contribution in [0.5, 0.6) is 0 Å². The van der Waals surface area contributed by atoms with Gasteiger partial charge in [-0.15, -0.1) is 0 Å². The van der Waals surface area contributed by atoms with E-state index in [0.717, 1.165) is 49.3 Å². The maximum Gasteiger partial charge on any atom is 0.407 e. The van der Waals surface area contributed by atoms with Crippen molar-refractivity contribution in [2.45, 2.75) is 65.1 Å². The number of piperidine rings is 1. The average molecular weight is 431 g/mol. The van der Waals surface area contributed by atoms with Gasteiger partial charge in [-0.25, -0.2) is 9.78 Å². The second kappa shape index (κ2) is 10.2. The number of hydrogen-bond acceptors (Lipinski definition) is 5. The molecule has 1 atom stereocenters. The summed E-state index contributed by atoms with van der Waals surface area (Å²) < 4.78 is 5.36. The summed E-state index contributed by atoms with van der Waals surface area (Å²) in [4.78, 5) is 25.6. The number of pyridine rings is 1. The first kappa shape index (κ1) is 23.2. The molecule has 2 N–H and O–H groups in total. The molecule has 2 saturated heterocycles. The Hall–Kier alpha value is -2.51. The van der Waals surface area contributed by atoms with Crippen molar-refractivity contribution >= 4 is 17.9 Å². The summed E-state index contributed by atoms with van der Waals surface area (Å²) in [5, 5.41) is 6.38. The van der Waals surface area contributed by atoms with E-state index in [9.17, 15) is 4.79 Å². The normalized spacial score (nSPS) is 20.7. The van der Waals surface area contributed by atoms with E-state index in [1.165, 1.54) is 12.8 Å². The molecule has 0 spiro atoms. The smallest absolute Gasteiger partial charge is 0.407 e. The number of amides is 1. The average Bonchev–Trinajstić information content (AvgIpc) is 3.16. The predicted molar refractivity (Wildman–Crippen MR) is 124 cm³/mol. The summed E-state index contributed by atoms with van der Waals surface area (Å²) in [5.74, 6) is 2.72. The lowest BCUT2D eigenvalue weighted by Gasteiger charge is -2.31. The maximum absolute atomic E-state index is 12.0. The number of anilines is 1. The highest BCUT2D eigenvalue weighted by molar-refractivity contribution is 5.80. The van der Waals surface area contributed by atoms with Gasteiger partial charge in [-0.2, -0.15) is 0 Å². The van der Waals surface area contributed by atoms with Crippen LogP contribution >= 0.6 is 0 Å². The highest BCUT2D eigenvalue weighted by Crippen LogP contribution is 2.21. The lowest BCUT2D eigenvalue weighted by molar-refractivity contribution is 0.0507. The second-order valence-corrected chi connectivity index (χ2v) is 9.67. The van der Waals surface area contributed by atoms with Gasteiger partial charge in [0, 0.05) is 46.0 Å². The highest BCUT2D eigenvalue weighted by Gasteiger charge is 2.27. The Kier molecular flexibility index (Phi) is 7.62. The molecule has 0 aliphatic carbocycles. The van der Waals surface area contributed by atoms with E-state index < -0.39 is 5.60 Å². The number of nitrogens with one attached hydrogen (secondary N) is 2. The van der Waals surface area contributed by atoms with Gasteiger partial charge in [-0.1, -0.05) is 13.0 Å². The molecule has 2 aliphatic heterocycles. The molecule has 3 rings (SSSR count). The molecule has 2 aliphatic rings. The van der Waals surface area contributed by atoms with E-state index in [-0.39, 0.29) is 12.1 Å². The number of alkyl carbamates (subject to hydrolysis) is 1. The zero-order chi connectivity index (χ0) is 22.4. The number of hydrogen-bond donors (Lipinski definition) is 2. The van der Waals surface area contributed by atoms with Crippen LogP contribution in [0.1, 0.15) is 52.5 Å². The first-order chi connectivity index (χ1) is 14.7. The highest BCUT2D eigenvalue weighted by atomic mass is 16.6. The van der Waals surface area contributed by atoms with Crippen molar-refractivity contribution in [2.24, 2.45) is 10.9 Å². The zero-order valence-electron chi connectivity index (χ0n) is 19.6. The Morgan fingerprint density at radius 3 is 2.58 bits per heavy atom. The van der Waals surface area contributed by atoms with Crippen molar-refractivity contribution in [1.29, 1.82) is 0 Å². The number of carbonyl (C=O) groups excluding carboxylic acids is 1. The molecular weight excluding hydrogens is 392 g/mol. The van der Waals surface area contributed by atoms with Crippen molar-refractivity contribution in [3.8, 4) is 0 Å². The van der Waals surface area contributed by atoms with Gasteiger partial charge in [0.25, 0.3) is 0 Å². The van der Waals surface area contributed by atoms with E-state index in [1.807, 2.05) is 27.0 Å². The molecule has 1 unspecified atom stereocenters. The van der Waals surface area contributed by atoms with E-state index in [0.29, 0.717) is 13.1 Å². The summed E-state index contributed by atoms with van der Waals surface area (Å²) in [6.45, 7) is 12.3. The van der Waals surface area contributed by atoms with Gasteiger partial charge in [0.2, 0.25) is 0 Å². The molecule has 1 aromatic rings. The molecule has 31 heavy (non-hydrogen) atoms. The van der Waals surface area contributed by atoms with Crippen molar-refractivity contribution in [3.63, 3.8) is 0 Å². The standard InChI is InChI=1S/C23H38N6O2/c1-17-8-11-28(12-9-17)20-7-6-18(14-25-20)15-26-21(24-5)29-13-10-19(16-29)27-22(30)31-23(2,3)4/h6-7,14,17,19H,8-13,15-16H2,1-5H3,(H,24,26)(H,27,30). The summed E-state index contributed by atoms with van der Waals surface area (Å²) in [6, 6.07) is 4.31. The predicted octanol–water partition coefficient (Wildman–Crippen LogP) is 2.99. The number of nitrogens with zero attached hydrogens (tertiary/aromatic N) is 4. The maximum atomic E-state index is 12.0. The molecular formula is C23H38N6O2. The lowest BCUT2D eigenvalue weighted by atomic mass is 9.99. The van der Waals surface area contributed by atoms with E-state index in [1.54, 1.807) is 7.05 Å². The fourth-order valence-corrected chi connectivity index (χ4v) is 4.00. The largest absolute Gasteiger partial charge is 0.444 e. The van der Waals surface area contributed by atoms with Gasteiger partial charge in [0.15, 0.2) is 5.96 Å². The fraction of sp³-hybridized carbons (Fsp3) is 0.696. The number of ether oxygens (including phenoxy) is 1. The Balaban J connectivity index is 1.46. The molecule has 0 aromatic carbocycles. The molecule has 0 bridgehead atoms. The van der Waals surface area contributed by atoms with Crippen molar-refractivity contribution < 1.29 is 9.53 Å². The van der Waals surface area contributed by atoms with Crippen LogP contribution in [-0.2, 0) is 11.3 Å². The molecule has 2 fully saturated rings. The van der Waals surface area contributed by atoms with Crippen LogP contribution in [0.15, 0.2) is 23.3 Å². The van der Waals surface area contributed by atoms with Crippen LogP contribution < -0.4 is 15.5 Å². The molecule has 172 valence electrons. The number of carbonyl (C=O) groups is 1. The van der Waals surface area contributed by atoms with Crippen molar-refractivity contribution in [2.75, 3.05) is 38.1 Å². The minimum absolute atomic E-state index is 0.0570. The molecule has 8 heteroatoms. The van der Waals surface area contributed by atoms with Gasteiger partial charge in [0.05, 0.1) is 6.04 Å². The second-order valence-electron chi connectivity index (χ2n) is 9.67. The number of rotatable bonds is 4. The van der Waals surface area contributed by atoms with E-state index in [2.05, 4.69) is 49.5 Å². The van der Waals surface area contributed by atoms with Crippen LogP contribution in [0.2, 0.25) is 0 Å². The fourth-order valence-electron chi connectivity index (χ4n) is 4.00. The topological polar surface area (TPSA) is 82.1 Å². The molecule has 0 saturated carbocycles. The number of likely N-dealkylation sites (tertiary alicyclic amines) is 1. The zero-order valence-corrected chi connectivity index (χ0v) is 19.6. The Labute approximate surface area is 186 Å². The SMILES string of the molecule is CN=C(NCc1ccc(N2CCC(C)CC2)nc1)N1CCC(NC(=O)OC(C)(C)C)C1. The van der Waals surface area contributed by atoms with Crippen LogP contribution in [0, 0.1) is 5.92 Å². The summed E-state index contributed by atoms with van der Waals surface area (Å²) in [6.07, 6.45) is 4.92. The minimum Gasteiger partial charge on any atom is -0.444 e. The molecule has 0 radical (unpaired) electrons. The number of aliphatic imine (C=N–C) groups is 1. The summed E-state index contributed by atoms with van der Waals surface area (Å²) in [7, 11) is 1.79. The molecule has 1 amide bonds. The quantitative estimate of drug-likeness (QED) is 0.565. The van der Waals surface area contributed by atoms with Crippen LogP contribution in [0.4, 0.5) is 10.6 Å². The van der Waals surface area contributed by atoms with Crippen molar-refractivity contribution in [3.05, 3.63) is 23.9 Å². The lowest BCUT2D eigenvalue weighted by Crippen LogP contribution is -2.44. The van der Waals surface area contributed by atoms with Crippen molar-refractivity contribution in [1.82, 2.24) is 20.5 Å². The van der Waals surface area contributed by atoms with Gasteiger partial charge in [-0.3, -0.25) is 4.99 Å². The Morgan fingerprint density at radius 1 is 1.23 bits per heavy atom. The third-order valence-corrected chi connectivity index (χ3v) is 5.79. The van der Waals surface area contributed by atoms with E-state index in [4.69, 9.17) is 4.74 Å². The first-order valence-corrected chi connectivity index (χ1v) is 11.4. The van der Waals surface area contributed by atoms with Crippen LogP contribution in [0.3, 0.4) is 0 Å². The van der Waals surface area contributed by atoms with E-state index >= 15 is 0 Å². The van der Waals surface area contributed by atoms with Crippen LogP contribution in [-0.4, -0.2) is 66.8 Å². The number of guanidine groups is 1. The first-order valence-electron chi connectivity index (χ1n) is 11.4. The molecule has 8 nitrogen and oxygen atoms in total. The van der Waals surface area contributed by atoms with Gasteiger partial charge in [0.1, 0.15) is 11.4 Å². The van der Waals surface area contributed by atoms with Gasteiger partial charge >= 0.3 is 6.09 Å². The molecule has 3 heterocycles. The van der Waals surface area contributed by atoms with Gasteiger partial charge < -0.3 is 25.2 Å². The summed E-state index contributed by atoms with van der Waals surface area (Å²) >= 11 is 0. The van der Waals surface area contributed by atoms with Gasteiger partial charge in [-0.05, 0) is 57.6 Å². The number of aromatic nitrogens is 1. The monoisotopic (exact) mass is 430 g/mol. The minimum atomic E-state index is -0.490. The third-order valence-electron chi connectivity index (χ3n) is 5.79. The Morgan fingerprint density at radius 2 is 1.97 bits per heavy atom.